The molecule has 10 heteroatoms. The Morgan fingerprint density at radius 2 is 2.12 bits per heavy atom. The second kappa shape index (κ2) is 8.72. The van der Waals surface area contributed by atoms with Crippen molar-refractivity contribution < 1.29 is 9.21 Å². The summed E-state index contributed by atoms with van der Waals surface area (Å²) in [4.78, 5) is 21.0. The van der Waals surface area contributed by atoms with Crippen molar-refractivity contribution in [3.8, 4) is 5.00 Å². The molecule has 7 nitrogen and oxygen atoms in total. The lowest BCUT2D eigenvalue weighted by molar-refractivity contribution is -0.129. The van der Waals surface area contributed by atoms with E-state index in [0.717, 1.165) is 45.0 Å². The molecule has 2 aliphatic rings. The topological polar surface area (TPSA) is 76.5 Å². The van der Waals surface area contributed by atoms with E-state index in [4.69, 9.17) is 21.0 Å². The van der Waals surface area contributed by atoms with E-state index >= 15 is 0 Å². The Bertz CT molecular complexity index is 1420. The van der Waals surface area contributed by atoms with Crippen molar-refractivity contribution in [2.45, 2.75) is 31.5 Å². The number of amides is 1. The van der Waals surface area contributed by atoms with Gasteiger partial charge in [-0.25, -0.2) is 0 Å². The second-order valence-corrected chi connectivity index (χ2v) is 10.6. The maximum Gasteiger partial charge on any atom is 0.233 e. The molecule has 0 saturated carbocycles. The number of fused-ring (bicyclic) bond motifs is 5. The third-order valence-electron chi connectivity index (χ3n) is 6.06. The molecule has 172 valence electrons. The van der Waals surface area contributed by atoms with Crippen LogP contribution in [0.4, 0.5) is 0 Å². The van der Waals surface area contributed by atoms with Gasteiger partial charge in [0, 0.05) is 27.6 Å². The van der Waals surface area contributed by atoms with Crippen LogP contribution >= 0.6 is 34.7 Å². The monoisotopic (exact) mass is 509 g/mol. The molecule has 0 radical (unpaired) electrons. The number of carbonyl (C=O) groups excluding carboxylic acids is 1. The van der Waals surface area contributed by atoms with Crippen molar-refractivity contribution in [3.05, 3.63) is 80.9 Å². The first-order valence-electron chi connectivity index (χ1n) is 10.9. The van der Waals surface area contributed by atoms with Crippen molar-refractivity contribution >= 4 is 46.3 Å². The van der Waals surface area contributed by atoms with Crippen molar-refractivity contribution in [2.24, 2.45) is 4.99 Å². The van der Waals surface area contributed by atoms with E-state index < -0.39 is 0 Å². The molecule has 0 aliphatic carbocycles. The number of halogens is 1. The number of carbonyl (C=O) groups is 1. The van der Waals surface area contributed by atoms with Gasteiger partial charge in [0.15, 0.2) is 10.9 Å². The van der Waals surface area contributed by atoms with E-state index in [1.165, 1.54) is 22.2 Å². The first kappa shape index (κ1) is 21.6. The highest BCUT2D eigenvalue weighted by atomic mass is 35.5. The predicted octanol–water partition coefficient (Wildman–Crippen LogP) is 4.91. The van der Waals surface area contributed by atoms with Crippen LogP contribution in [0.1, 0.15) is 33.2 Å². The van der Waals surface area contributed by atoms with Gasteiger partial charge in [0.1, 0.15) is 17.4 Å². The predicted molar refractivity (Wildman–Crippen MR) is 133 cm³/mol. The summed E-state index contributed by atoms with van der Waals surface area (Å²) in [7, 11) is 0. The molecule has 5 heterocycles. The Labute approximate surface area is 209 Å². The van der Waals surface area contributed by atoms with Gasteiger partial charge in [-0.15, -0.1) is 21.5 Å². The Morgan fingerprint density at radius 3 is 2.94 bits per heavy atom. The highest BCUT2D eigenvalue weighted by Gasteiger charge is 2.33. The number of hydrogen-bond donors (Lipinski definition) is 0. The Morgan fingerprint density at radius 1 is 1.24 bits per heavy atom. The summed E-state index contributed by atoms with van der Waals surface area (Å²) in [5, 5.41) is 11.1. The van der Waals surface area contributed by atoms with Crippen LogP contribution in [0.15, 0.2) is 57.2 Å². The molecule has 3 aromatic heterocycles. The average Bonchev–Trinajstić information content (AvgIpc) is 3.55. The molecule has 0 bridgehead atoms. The first-order chi connectivity index (χ1) is 16.6. The lowest BCUT2D eigenvalue weighted by atomic mass is 9.95. The number of nitrogens with zero attached hydrogens (tertiary/aromatic N) is 5. The molecule has 0 unspecified atom stereocenters. The first-order valence-corrected chi connectivity index (χ1v) is 13.1. The van der Waals surface area contributed by atoms with E-state index in [-0.39, 0.29) is 5.91 Å². The zero-order valence-electron chi connectivity index (χ0n) is 18.3. The van der Waals surface area contributed by atoms with Crippen LogP contribution < -0.4 is 0 Å². The van der Waals surface area contributed by atoms with Gasteiger partial charge in [-0.3, -0.25) is 14.4 Å². The largest absolute Gasteiger partial charge is 0.458 e. The number of aromatic nitrogens is 3. The number of aliphatic imine (C=N–C) groups is 1. The molecule has 0 fully saturated rings. The minimum atomic E-state index is 0.108. The number of furan rings is 1. The Balaban J connectivity index is 1.38. The number of thioether (sulfide) groups is 1. The molecule has 2 aliphatic heterocycles. The molecule has 0 N–H and O–H groups in total. The van der Waals surface area contributed by atoms with E-state index in [1.807, 2.05) is 48.2 Å². The maximum absolute atomic E-state index is 12.9. The summed E-state index contributed by atoms with van der Waals surface area (Å²) in [6.07, 6.45) is 2.39. The Kier molecular flexibility index (Phi) is 5.55. The van der Waals surface area contributed by atoms with Gasteiger partial charge in [0.2, 0.25) is 5.91 Å². The number of aryl methyl sites for hydroxylation is 1. The Hall–Kier alpha value is -2.88. The van der Waals surface area contributed by atoms with Gasteiger partial charge in [0.05, 0.1) is 24.3 Å². The molecule has 0 spiro atoms. The van der Waals surface area contributed by atoms with Crippen LogP contribution in [-0.2, 0) is 24.3 Å². The summed E-state index contributed by atoms with van der Waals surface area (Å²) < 4.78 is 7.45. The summed E-state index contributed by atoms with van der Waals surface area (Å²) in [6, 6.07) is 11.5. The third-order valence-corrected chi connectivity index (χ3v) is 8.50. The van der Waals surface area contributed by atoms with Crippen LogP contribution in [0, 0.1) is 6.92 Å². The minimum Gasteiger partial charge on any atom is -0.458 e. The number of benzene rings is 1. The minimum absolute atomic E-state index is 0.108. The maximum atomic E-state index is 12.9. The fraction of sp³-hybridized carbons (Fsp3) is 0.250. The van der Waals surface area contributed by atoms with Gasteiger partial charge in [-0.2, -0.15) is 0 Å². The van der Waals surface area contributed by atoms with Crippen molar-refractivity contribution in [1.29, 1.82) is 0 Å². The molecular formula is C24H20ClN5O2S2. The van der Waals surface area contributed by atoms with Crippen LogP contribution in [0.25, 0.3) is 5.00 Å². The van der Waals surface area contributed by atoms with E-state index in [0.29, 0.717) is 30.4 Å². The smallest absolute Gasteiger partial charge is 0.233 e. The van der Waals surface area contributed by atoms with Gasteiger partial charge in [0.25, 0.3) is 0 Å². The highest BCUT2D eigenvalue weighted by molar-refractivity contribution is 7.99. The van der Waals surface area contributed by atoms with Gasteiger partial charge < -0.3 is 9.32 Å². The fourth-order valence-electron chi connectivity index (χ4n) is 4.45. The molecule has 1 amide bonds. The summed E-state index contributed by atoms with van der Waals surface area (Å²) in [6.45, 7) is 3.64. The van der Waals surface area contributed by atoms with Crippen LogP contribution in [0.3, 0.4) is 0 Å². The molecule has 34 heavy (non-hydrogen) atoms. The lowest BCUT2D eigenvalue weighted by Crippen LogP contribution is -2.36. The molecular weight excluding hydrogens is 490 g/mol. The van der Waals surface area contributed by atoms with Crippen molar-refractivity contribution in [3.63, 3.8) is 0 Å². The van der Waals surface area contributed by atoms with Crippen molar-refractivity contribution in [1.82, 2.24) is 19.7 Å². The SMILES string of the molecule is Cc1nnc2n1-c1sc3c(c1C(c1ccccc1Cl)=NC2)CCN(C(=O)CSc1ccco1)C3. The highest BCUT2D eigenvalue weighted by Crippen LogP contribution is 2.40. The van der Waals surface area contributed by atoms with E-state index in [1.54, 1.807) is 17.6 Å². The van der Waals surface area contributed by atoms with E-state index in [9.17, 15) is 4.79 Å². The van der Waals surface area contributed by atoms with Crippen LogP contribution in [0.2, 0.25) is 5.02 Å². The lowest BCUT2D eigenvalue weighted by Gasteiger charge is -2.27. The van der Waals surface area contributed by atoms with Crippen LogP contribution in [0.5, 0.6) is 0 Å². The molecule has 0 atom stereocenters. The van der Waals surface area contributed by atoms with Gasteiger partial charge in [-0.1, -0.05) is 41.6 Å². The van der Waals surface area contributed by atoms with Crippen molar-refractivity contribution in [2.75, 3.05) is 12.3 Å². The zero-order valence-corrected chi connectivity index (χ0v) is 20.7. The summed E-state index contributed by atoms with van der Waals surface area (Å²) in [5.41, 5.74) is 4.13. The summed E-state index contributed by atoms with van der Waals surface area (Å²) in [5.74, 6) is 2.10. The van der Waals surface area contributed by atoms with Gasteiger partial charge >= 0.3 is 0 Å². The van der Waals surface area contributed by atoms with E-state index in [2.05, 4.69) is 14.8 Å². The molecule has 0 saturated heterocycles. The standard InChI is InChI=1S/C24H20ClN5O2S2/c1-14-27-28-19-11-26-23(15-5-2-3-6-17(15)25)22-16-8-9-29(12-18(16)34-24(22)30(14)19)20(31)13-33-21-7-4-10-32-21/h2-7,10H,8-9,11-13H2,1H3. The van der Waals surface area contributed by atoms with Gasteiger partial charge in [-0.05, 0) is 37.1 Å². The average molecular weight is 510 g/mol. The molecule has 6 rings (SSSR count). The third kappa shape index (κ3) is 3.68. The molecule has 4 aromatic rings. The fourth-order valence-corrected chi connectivity index (χ4v) is 6.85. The normalized spacial score (nSPS) is 14.8. The quantitative estimate of drug-likeness (QED) is 0.365. The number of hydrogen-bond acceptors (Lipinski definition) is 7. The number of rotatable bonds is 4. The summed E-state index contributed by atoms with van der Waals surface area (Å²) >= 11 is 9.73. The molecule has 1 aromatic carbocycles. The van der Waals surface area contributed by atoms with Crippen LogP contribution in [-0.4, -0.2) is 43.6 Å². The zero-order chi connectivity index (χ0) is 23.2. The second-order valence-electron chi connectivity index (χ2n) is 8.11. The number of thiophene rings is 1.